The molecule has 1 saturated heterocycles. The summed E-state index contributed by atoms with van der Waals surface area (Å²) in [4.78, 5) is 14.0. The predicted molar refractivity (Wildman–Crippen MR) is 71.9 cm³/mol. The minimum absolute atomic E-state index is 0.0787. The highest BCUT2D eigenvalue weighted by Crippen LogP contribution is 2.43. The molecular formula is C15H23NO2. The average molecular weight is 249 g/mol. The van der Waals surface area contributed by atoms with E-state index in [9.17, 15) is 4.79 Å². The Balaban J connectivity index is 2.33. The third-order valence-corrected chi connectivity index (χ3v) is 4.01. The van der Waals surface area contributed by atoms with Gasteiger partial charge in [-0.1, -0.05) is 27.4 Å². The minimum Gasteiger partial charge on any atom is -0.497 e. The number of carbonyl (C=O) groups is 1. The highest BCUT2D eigenvalue weighted by molar-refractivity contribution is 5.79. The highest BCUT2D eigenvalue weighted by atomic mass is 16.5. The van der Waals surface area contributed by atoms with E-state index in [-0.39, 0.29) is 23.3 Å². The van der Waals surface area contributed by atoms with Crippen LogP contribution in [0.1, 0.15) is 33.6 Å². The monoisotopic (exact) mass is 249 g/mol. The fourth-order valence-corrected chi connectivity index (χ4v) is 2.99. The standard InChI is InChI=1S/C15H23NO2/c1-10-12(18-5)9-11(15(2,3)4)14(10)16-8-6-7-13(16)17/h9,11,14H,1,6-8H2,2-5H3/t11-,14-/m0/s1. The van der Waals surface area contributed by atoms with E-state index in [1.807, 2.05) is 4.90 Å². The van der Waals surface area contributed by atoms with Gasteiger partial charge in [0.05, 0.1) is 13.2 Å². The van der Waals surface area contributed by atoms with Crippen molar-refractivity contribution < 1.29 is 9.53 Å². The van der Waals surface area contributed by atoms with Crippen LogP contribution in [-0.2, 0) is 9.53 Å². The second kappa shape index (κ2) is 4.45. The topological polar surface area (TPSA) is 29.5 Å². The zero-order chi connectivity index (χ0) is 13.5. The molecule has 0 aromatic rings. The van der Waals surface area contributed by atoms with Gasteiger partial charge < -0.3 is 9.64 Å². The first-order valence-corrected chi connectivity index (χ1v) is 6.60. The van der Waals surface area contributed by atoms with Crippen molar-refractivity contribution in [3.05, 3.63) is 24.0 Å². The van der Waals surface area contributed by atoms with E-state index in [2.05, 4.69) is 33.4 Å². The summed E-state index contributed by atoms with van der Waals surface area (Å²) in [5.74, 6) is 1.38. The molecule has 0 spiro atoms. The van der Waals surface area contributed by atoms with Gasteiger partial charge in [-0.05, 0) is 17.9 Å². The van der Waals surface area contributed by atoms with E-state index in [1.54, 1.807) is 7.11 Å². The molecule has 2 aliphatic rings. The first-order chi connectivity index (χ1) is 8.36. The number of rotatable bonds is 2. The van der Waals surface area contributed by atoms with Gasteiger partial charge in [0.15, 0.2) is 0 Å². The molecule has 0 N–H and O–H groups in total. The lowest BCUT2D eigenvalue weighted by Gasteiger charge is -2.37. The van der Waals surface area contributed by atoms with Crippen LogP contribution in [0.3, 0.4) is 0 Å². The molecule has 0 aromatic heterocycles. The molecule has 0 radical (unpaired) electrons. The Morgan fingerprint density at radius 2 is 2.11 bits per heavy atom. The van der Waals surface area contributed by atoms with Crippen molar-refractivity contribution in [1.82, 2.24) is 4.90 Å². The molecule has 2 atom stereocenters. The van der Waals surface area contributed by atoms with Gasteiger partial charge in [-0.2, -0.15) is 0 Å². The molecule has 0 bridgehead atoms. The summed E-state index contributed by atoms with van der Waals surface area (Å²) in [6.07, 6.45) is 3.77. The van der Waals surface area contributed by atoms with Crippen LogP contribution in [0.15, 0.2) is 24.0 Å². The Morgan fingerprint density at radius 3 is 2.56 bits per heavy atom. The fourth-order valence-electron chi connectivity index (χ4n) is 2.99. The Hall–Kier alpha value is -1.25. The van der Waals surface area contributed by atoms with Gasteiger partial charge in [-0.3, -0.25) is 4.79 Å². The second-order valence-electron chi connectivity index (χ2n) is 6.29. The van der Waals surface area contributed by atoms with Gasteiger partial charge >= 0.3 is 0 Å². The Kier molecular flexibility index (Phi) is 3.26. The van der Waals surface area contributed by atoms with Crippen LogP contribution in [0, 0.1) is 11.3 Å². The number of carbonyl (C=O) groups excluding carboxylic acids is 1. The third kappa shape index (κ3) is 2.06. The molecule has 3 heteroatoms. The minimum atomic E-state index is 0.0787. The zero-order valence-corrected chi connectivity index (χ0v) is 11.8. The summed E-state index contributed by atoms with van der Waals surface area (Å²) in [6.45, 7) is 11.6. The maximum Gasteiger partial charge on any atom is 0.223 e. The van der Waals surface area contributed by atoms with Crippen molar-refractivity contribution in [2.45, 2.75) is 39.7 Å². The number of methoxy groups -OCH3 is 1. The van der Waals surface area contributed by atoms with Crippen LogP contribution in [0.5, 0.6) is 0 Å². The number of hydrogen-bond acceptors (Lipinski definition) is 2. The average Bonchev–Trinajstić information content (AvgIpc) is 2.81. The van der Waals surface area contributed by atoms with E-state index in [0.29, 0.717) is 6.42 Å². The van der Waals surface area contributed by atoms with Crippen molar-refractivity contribution in [2.75, 3.05) is 13.7 Å². The molecule has 1 aliphatic carbocycles. The van der Waals surface area contributed by atoms with Crippen LogP contribution in [0.4, 0.5) is 0 Å². The van der Waals surface area contributed by atoms with E-state index in [4.69, 9.17) is 4.74 Å². The molecule has 0 aromatic carbocycles. The largest absolute Gasteiger partial charge is 0.497 e. The summed E-state index contributed by atoms with van der Waals surface area (Å²) >= 11 is 0. The quantitative estimate of drug-likeness (QED) is 0.753. The molecule has 1 amide bonds. The predicted octanol–water partition coefficient (Wildman–Crippen LogP) is 2.74. The molecular weight excluding hydrogens is 226 g/mol. The van der Waals surface area contributed by atoms with E-state index in [0.717, 1.165) is 24.3 Å². The van der Waals surface area contributed by atoms with E-state index < -0.39 is 0 Å². The first-order valence-electron chi connectivity index (χ1n) is 6.60. The first kappa shape index (κ1) is 13.2. The zero-order valence-electron chi connectivity index (χ0n) is 11.8. The van der Waals surface area contributed by atoms with Gasteiger partial charge in [-0.15, -0.1) is 0 Å². The van der Waals surface area contributed by atoms with Gasteiger partial charge in [0.1, 0.15) is 5.76 Å². The summed E-state index contributed by atoms with van der Waals surface area (Å²) in [6, 6.07) is 0.0787. The summed E-state index contributed by atoms with van der Waals surface area (Å²) < 4.78 is 5.40. The molecule has 1 fully saturated rings. The molecule has 100 valence electrons. The van der Waals surface area contributed by atoms with Crippen LogP contribution < -0.4 is 0 Å². The number of nitrogens with zero attached hydrogens (tertiary/aromatic N) is 1. The van der Waals surface area contributed by atoms with Gasteiger partial charge in [0.25, 0.3) is 0 Å². The fraction of sp³-hybridized carbons (Fsp3) is 0.667. The number of likely N-dealkylation sites (tertiary alicyclic amines) is 1. The Labute approximate surface area is 109 Å². The Morgan fingerprint density at radius 1 is 1.44 bits per heavy atom. The molecule has 1 heterocycles. The molecule has 1 aliphatic heterocycles. The Bertz CT molecular complexity index is 403. The van der Waals surface area contributed by atoms with Gasteiger partial charge in [0.2, 0.25) is 5.91 Å². The van der Waals surface area contributed by atoms with Crippen LogP contribution in [-0.4, -0.2) is 30.5 Å². The lowest BCUT2D eigenvalue weighted by molar-refractivity contribution is -0.130. The van der Waals surface area contributed by atoms with E-state index in [1.165, 1.54) is 0 Å². The lowest BCUT2D eigenvalue weighted by Crippen LogP contribution is -2.44. The van der Waals surface area contributed by atoms with E-state index >= 15 is 0 Å². The number of ether oxygens (including phenoxy) is 1. The van der Waals surface area contributed by atoms with Crippen molar-refractivity contribution >= 4 is 5.91 Å². The second-order valence-corrected chi connectivity index (χ2v) is 6.29. The van der Waals surface area contributed by atoms with Crippen LogP contribution in [0.2, 0.25) is 0 Å². The SMILES string of the molecule is C=C1C(OC)=C[C@H](C(C)(C)C)[C@H]1N1CCCC1=O. The summed E-state index contributed by atoms with van der Waals surface area (Å²) in [7, 11) is 1.67. The molecule has 0 unspecified atom stereocenters. The van der Waals surface area contributed by atoms with Crippen molar-refractivity contribution in [3.63, 3.8) is 0 Å². The maximum absolute atomic E-state index is 12.0. The van der Waals surface area contributed by atoms with Gasteiger partial charge in [-0.25, -0.2) is 0 Å². The number of hydrogen-bond donors (Lipinski definition) is 0. The number of amides is 1. The van der Waals surface area contributed by atoms with Crippen molar-refractivity contribution in [1.29, 1.82) is 0 Å². The van der Waals surface area contributed by atoms with Crippen LogP contribution in [0.25, 0.3) is 0 Å². The lowest BCUT2D eigenvalue weighted by atomic mass is 9.77. The maximum atomic E-state index is 12.0. The normalized spacial score (nSPS) is 28.9. The summed E-state index contributed by atoms with van der Waals surface area (Å²) in [5.41, 5.74) is 1.05. The highest BCUT2D eigenvalue weighted by Gasteiger charge is 2.44. The third-order valence-electron chi connectivity index (χ3n) is 4.01. The molecule has 2 rings (SSSR count). The molecule has 3 nitrogen and oxygen atoms in total. The van der Waals surface area contributed by atoms with Gasteiger partial charge in [0, 0.05) is 24.5 Å². The van der Waals surface area contributed by atoms with Crippen molar-refractivity contribution in [3.8, 4) is 0 Å². The molecule has 18 heavy (non-hydrogen) atoms. The van der Waals surface area contributed by atoms with Crippen molar-refractivity contribution in [2.24, 2.45) is 11.3 Å². The van der Waals surface area contributed by atoms with Crippen LogP contribution >= 0.6 is 0 Å². The summed E-state index contributed by atoms with van der Waals surface area (Å²) in [5, 5.41) is 0. The smallest absolute Gasteiger partial charge is 0.223 e. The molecule has 0 saturated carbocycles.